The van der Waals surface area contributed by atoms with Crippen LogP contribution >= 0.6 is 0 Å². The Morgan fingerprint density at radius 3 is 2.82 bits per heavy atom. The van der Waals surface area contributed by atoms with Gasteiger partial charge >= 0.3 is 5.97 Å². The van der Waals surface area contributed by atoms with Crippen LogP contribution in [0.25, 0.3) is 0 Å². The first-order chi connectivity index (χ1) is 8.20. The summed E-state index contributed by atoms with van der Waals surface area (Å²) in [6.07, 6.45) is 9.34. The molecule has 0 bridgehead atoms. The van der Waals surface area contributed by atoms with Gasteiger partial charge in [0.05, 0.1) is 6.61 Å². The summed E-state index contributed by atoms with van der Waals surface area (Å²) in [4.78, 5) is 11.0. The van der Waals surface area contributed by atoms with Crippen molar-refractivity contribution >= 4 is 5.97 Å². The number of rotatable bonds is 4. The zero-order valence-corrected chi connectivity index (χ0v) is 10.9. The standard InChI is InChI=1S/C15H24O2/c1-3-15(16)17-10-12-7-8-13(9-12)14-6-4-5-11(14)2/h3,11-14H,1,4-10H2,2H3. The number of hydrogen-bond acceptors (Lipinski definition) is 2. The van der Waals surface area contributed by atoms with Gasteiger partial charge < -0.3 is 4.74 Å². The third-order valence-corrected chi connectivity index (χ3v) is 4.74. The summed E-state index contributed by atoms with van der Waals surface area (Å²) in [5.74, 6) is 3.06. The third kappa shape index (κ3) is 3.11. The van der Waals surface area contributed by atoms with E-state index in [0.29, 0.717) is 12.5 Å². The fraction of sp³-hybridized carbons (Fsp3) is 0.800. The minimum atomic E-state index is -0.275. The number of carbonyl (C=O) groups is 1. The zero-order chi connectivity index (χ0) is 12.3. The van der Waals surface area contributed by atoms with E-state index in [-0.39, 0.29) is 5.97 Å². The molecule has 0 amide bonds. The van der Waals surface area contributed by atoms with E-state index in [1.54, 1.807) is 0 Å². The Balaban J connectivity index is 1.75. The highest BCUT2D eigenvalue weighted by atomic mass is 16.5. The quantitative estimate of drug-likeness (QED) is 0.551. The van der Waals surface area contributed by atoms with E-state index < -0.39 is 0 Å². The summed E-state index contributed by atoms with van der Waals surface area (Å²) >= 11 is 0. The Morgan fingerprint density at radius 1 is 1.35 bits per heavy atom. The highest BCUT2D eigenvalue weighted by molar-refractivity contribution is 5.81. The molecule has 2 aliphatic rings. The Hall–Kier alpha value is -0.790. The molecule has 0 aromatic rings. The largest absolute Gasteiger partial charge is 0.462 e. The van der Waals surface area contributed by atoms with Gasteiger partial charge in [-0.25, -0.2) is 4.79 Å². The molecule has 4 atom stereocenters. The van der Waals surface area contributed by atoms with Crippen LogP contribution in [0.4, 0.5) is 0 Å². The molecule has 2 nitrogen and oxygen atoms in total. The Morgan fingerprint density at radius 2 is 2.18 bits per heavy atom. The van der Waals surface area contributed by atoms with Crippen molar-refractivity contribution in [2.75, 3.05) is 6.61 Å². The summed E-state index contributed by atoms with van der Waals surface area (Å²) < 4.78 is 5.16. The smallest absolute Gasteiger partial charge is 0.330 e. The first kappa shape index (κ1) is 12.7. The highest BCUT2D eigenvalue weighted by Gasteiger charge is 2.36. The molecule has 0 N–H and O–H groups in total. The van der Waals surface area contributed by atoms with Crippen molar-refractivity contribution < 1.29 is 9.53 Å². The maximum atomic E-state index is 11.0. The molecular weight excluding hydrogens is 212 g/mol. The van der Waals surface area contributed by atoms with Crippen LogP contribution in [0, 0.1) is 23.7 Å². The molecule has 0 saturated heterocycles. The second kappa shape index (κ2) is 5.70. The lowest BCUT2D eigenvalue weighted by molar-refractivity contribution is -0.139. The molecule has 2 fully saturated rings. The molecule has 4 unspecified atom stereocenters. The molecule has 0 aliphatic heterocycles. The van der Waals surface area contributed by atoms with E-state index in [2.05, 4.69) is 13.5 Å². The summed E-state index contributed by atoms with van der Waals surface area (Å²) in [5.41, 5.74) is 0. The van der Waals surface area contributed by atoms with E-state index in [1.807, 2.05) is 0 Å². The average Bonchev–Trinajstić information content (AvgIpc) is 2.94. The van der Waals surface area contributed by atoms with E-state index in [4.69, 9.17) is 4.74 Å². The second-order valence-electron chi connectivity index (χ2n) is 5.85. The van der Waals surface area contributed by atoms with Gasteiger partial charge in [-0.15, -0.1) is 0 Å². The molecule has 0 radical (unpaired) electrons. The van der Waals surface area contributed by atoms with Gasteiger partial charge in [0.2, 0.25) is 0 Å². The topological polar surface area (TPSA) is 26.3 Å². The minimum Gasteiger partial charge on any atom is -0.462 e. The van der Waals surface area contributed by atoms with Gasteiger partial charge in [-0.2, -0.15) is 0 Å². The Kier molecular flexibility index (Phi) is 4.25. The molecule has 2 rings (SSSR count). The fourth-order valence-electron chi connectivity index (χ4n) is 3.79. The Bertz CT molecular complexity index is 285. The van der Waals surface area contributed by atoms with Gasteiger partial charge in [-0.3, -0.25) is 0 Å². The van der Waals surface area contributed by atoms with Gasteiger partial charge in [0, 0.05) is 6.08 Å². The number of hydrogen-bond donors (Lipinski definition) is 0. The molecule has 0 aromatic carbocycles. The molecule has 0 heterocycles. The molecule has 96 valence electrons. The van der Waals surface area contributed by atoms with Crippen LogP contribution in [0.1, 0.15) is 45.4 Å². The number of ether oxygens (including phenoxy) is 1. The lowest BCUT2D eigenvalue weighted by Gasteiger charge is -2.22. The maximum absolute atomic E-state index is 11.0. The van der Waals surface area contributed by atoms with E-state index >= 15 is 0 Å². The molecule has 0 spiro atoms. The fourth-order valence-corrected chi connectivity index (χ4v) is 3.79. The van der Waals surface area contributed by atoms with Crippen molar-refractivity contribution in [3.63, 3.8) is 0 Å². The second-order valence-corrected chi connectivity index (χ2v) is 5.85. The summed E-state index contributed by atoms with van der Waals surface area (Å²) in [6.45, 7) is 6.42. The molecular formula is C15H24O2. The van der Waals surface area contributed by atoms with Gasteiger partial charge in [-0.1, -0.05) is 26.3 Å². The maximum Gasteiger partial charge on any atom is 0.330 e. The summed E-state index contributed by atoms with van der Waals surface area (Å²) in [5, 5.41) is 0. The van der Waals surface area contributed by atoms with Crippen molar-refractivity contribution in [2.24, 2.45) is 23.7 Å². The molecule has 17 heavy (non-hydrogen) atoms. The van der Waals surface area contributed by atoms with E-state index in [0.717, 1.165) is 17.8 Å². The third-order valence-electron chi connectivity index (χ3n) is 4.74. The van der Waals surface area contributed by atoms with Crippen LogP contribution in [-0.4, -0.2) is 12.6 Å². The van der Waals surface area contributed by atoms with Crippen LogP contribution in [0.5, 0.6) is 0 Å². The lowest BCUT2D eigenvalue weighted by Crippen LogP contribution is -2.16. The minimum absolute atomic E-state index is 0.275. The van der Waals surface area contributed by atoms with Gasteiger partial charge in [0.25, 0.3) is 0 Å². The van der Waals surface area contributed by atoms with E-state index in [9.17, 15) is 4.79 Å². The predicted octanol–water partition coefficient (Wildman–Crippen LogP) is 3.57. The number of esters is 1. The molecule has 0 aromatic heterocycles. The summed E-state index contributed by atoms with van der Waals surface area (Å²) in [7, 11) is 0. The summed E-state index contributed by atoms with van der Waals surface area (Å²) in [6, 6.07) is 0. The zero-order valence-electron chi connectivity index (χ0n) is 10.9. The SMILES string of the molecule is C=CC(=O)OCC1CCC(C2CCCC2C)C1. The Labute approximate surface area is 104 Å². The molecule has 2 heteroatoms. The van der Waals surface area contributed by atoms with Crippen molar-refractivity contribution in [2.45, 2.75) is 45.4 Å². The number of carbonyl (C=O) groups excluding carboxylic acids is 1. The van der Waals surface area contributed by atoms with Gasteiger partial charge in [0.15, 0.2) is 0 Å². The molecule has 2 aliphatic carbocycles. The highest BCUT2D eigenvalue weighted by Crippen LogP contribution is 2.45. The van der Waals surface area contributed by atoms with Crippen LogP contribution in [-0.2, 0) is 9.53 Å². The monoisotopic (exact) mass is 236 g/mol. The van der Waals surface area contributed by atoms with Crippen molar-refractivity contribution in [3.8, 4) is 0 Å². The van der Waals surface area contributed by atoms with Crippen LogP contribution in [0.2, 0.25) is 0 Å². The van der Waals surface area contributed by atoms with Crippen molar-refractivity contribution in [3.05, 3.63) is 12.7 Å². The van der Waals surface area contributed by atoms with Crippen molar-refractivity contribution in [1.82, 2.24) is 0 Å². The molecule has 2 saturated carbocycles. The first-order valence-corrected chi connectivity index (χ1v) is 7.00. The first-order valence-electron chi connectivity index (χ1n) is 7.00. The van der Waals surface area contributed by atoms with Crippen molar-refractivity contribution in [1.29, 1.82) is 0 Å². The normalized spacial score (nSPS) is 37.0. The van der Waals surface area contributed by atoms with E-state index in [1.165, 1.54) is 44.6 Å². The average molecular weight is 236 g/mol. The van der Waals surface area contributed by atoms with Crippen LogP contribution in [0.15, 0.2) is 12.7 Å². The van der Waals surface area contributed by atoms with Gasteiger partial charge in [-0.05, 0) is 49.4 Å². The van der Waals surface area contributed by atoms with Crippen LogP contribution < -0.4 is 0 Å². The predicted molar refractivity (Wildman–Crippen MR) is 68.5 cm³/mol. The lowest BCUT2D eigenvalue weighted by atomic mass is 9.83. The van der Waals surface area contributed by atoms with Gasteiger partial charge in [0.1, 0.15) is 0 Å². The van der Waals surface area contributed by atoms with Crippen LogP contribution in [0.3, 0.4) is 0 Å².